The number of rotatable bonds is 6. The third kappa shape index (κ3) is 3.77. The molecule has 2 aromatic heterocycles. The van der Waals surface area contributed by atoms with E-state index in [1.54, 1.807) is 26.4 Å². The lowest BCUT2D eigenvalue weighted by atomic mass is 10.2. The highest BCUT2D eigenvalue weighted by Crippen LogP contribution is 2.31. The van der Waals surface area contributed by atoms with E-state index in [0.717, 1.165) is 12.2 Å². The molecule has 0 bridgehead atoms. The molecule has 3 heterocycles. The second-order valence-electron chi connectivity index (χ2n) is 5.57. The maximum Gasteiger partial charge on any atom is 0.244 e. The van der Waals surface area contributed by atoms with Gasteiger partial charge in [0.15, 0.2) is 5.82 Å². The van der Waals surface area contributed by atoms with E-state index in [1.807, 2.05) is 11.0 Å². The monoisotopic (exact) mass is 320 g/mol. The molecule has 2 aromatic rings. The van der Waals surface area contributed by atoms with Crippen LogP contribution in [0.5, 0.6) is 0 Å². The summed E-state index contributed by atoms with van der Waals surface area (Å²) in [6, 6.07) is 3.51. The standard InChI is InChI=1S/C15H20N4O4/c1-10-17-15(23-18-10)13-6-12(21-2)8-19(13)9-14(20)16-7-11-4-3-5-22-11/h3-5,12-13H,6-9H2,1-2H3,(H,16,20)/t12-,13+/m0/s1. The highest BCUT2D eigenvalue weighted by atomic mass is 16.5. The van der Waals surface area contributed by atoms with Crippen LogP contribution in [0.1, 0.15) is 29.9 Å². The summed E-state index contributed by atoms with van der Waals surface area (Å²) in [5, 5.41) is 6.67. The Morgan fingerprint density at radius 2 is 2.43 bits per heavy atom. The van der Waals surface area contributed by atoms with Crippen molar-refractivity contribution >= 4 is 5.91 Å². The topological polar surface area (TPSA) is 93.6 Å². The number of aryl methyl sites for hydroxylation is 1. The van der Waals surface area contributed by atoms with Crippen molar-refractivity contribution in [1.29, 1.82) is 0 Å². The number of amides is 1. The van der Waals surface area contributed by atoms with Crippen LogP contribution in [0.3, 0.4) is 0 Å². The molecule has 0 radical (unpaired) electrons. The fourth-order valence-electron chi connectivity index (χ4n) is 2.75. The van der Waals surface area contributed by atoms with Crippen LogP contribution in [0.4, 0.5) is 0 Å². The first-order valence-electron chi connectivity index (χ1n) is 7.52. The van der Waals surface area contributed by atoms with Gasteiger partial charge >= 0.3 is 0 Å². The van der Waals surface area contributed by atoms with Crippen LogP contribution in [0, 0.1) is 6.92 Å². The molecule has 1 amide bonds. The molecule has 1 saturated heterocycles. The summed E-state index contributed by atoms with van der Waals surface area (Å²) in [4.78, 5) is 18.5. The largest absolute Gasteiger partial charge is 0.467 e. The van der Waals surface area contributed by atoms with Gasteiger partial charge in [0.2, 0.25) is 11.8 Å². The van der Waals surface area contributed by atoms with Crippen LogP contribution in [0.25, 0.3) is 0 Å². The number of nitrogens with zero attached hydrogens (tertiary/aromatic N) is 3. The maximum atomic E-state index is 12.2. The number of hydrogen-bond acceptors (Lipinski definition) is 7. The van der Waals surface area contributed by atoms with E-state index in [-0.39, 0.29) is 24.6 Å². The summed E-state index contributed by atoms with van der Waals surface area (Å²) in [6.45, 7) is 3.04. The number of methoxy groups -OCH3 is 1. The lowest BCUT2D eigenvalue weighted by Crippen LogP contribution is -2.37. The molecular formula is C15H20N4O4. The van der Waals surface area contributed by atoms with E-state index >= 15 is 0 Å². The minimum absolute atomic E-state index is 0.0464. The molecule has 3 rings (SSSR count). The number of likely N-dealkylation sites (tertiary alicyclic amines) is 1. The number of nitrogens with one attached hydrogen (secondary N) is 1. The third-order valence-corrected chi connectivity index (χ3v) is 3.91. The first-order chi connectivity index (χ1) is 11.2. The summed E-state index contributed by atoms with van der Waals surface area (Å²) in [6.07, 6.45) is 2.35. The van der Waals surface area contributed by atoms with Gasteiger partial charge in [-0.1, -0.05) is 5.16 Å². The van der Waals surface area contributed by atoms with Gasteiger partial charge in [-0.05, 0) is 25.5 Å². The van der Waals surface area contributed by atoms with Crippen LogP contribution in [0.15, 0.2) is 27.3 Å². The van der Waals surface area contributed by atoms with Gasteiger partial charge in [0, 0.05) is 13.7 Å². The van der Waals surface area contributed by atoms with Gasteiger partial charge in [0.25, 0.3) is 0 Å². The molecule has 23 heavy (non-hydrogen) atoms. The van der Waals surface area contributed by atoms with Crippen LogP contribution in [-0.4, -0.2) is 47.3 Å². The van der Waals surface area contributed by atoms with Crippen molar-refractivity contribution < 1.29 is 18.5 Å². The van der Waals surface area contributed by atoms with Gasteiger partial charge < -0.3 is 19.0 Å². The smallest absolute Gasteiger partial charge is 0.244 e. The van der Waals surface area contributed by atoms with E-state index in [1.165, 1.54) is 0 Å². The lowest BCUT2D eigenvalue weighted by molar-refractivity contribution is -0.122. The zero-order chi connectivity index (χ0) is 16.2. The van der Waals surface area contributed by atoms with Crippen LogP contribution in [-0.2, 0) is 16.1 Å². The van der Waals surface area contributed by atoms with Crippen molar-refractivity contribution in [2.24, 2.45) is 0 Å². The molecule has 0 spiro atoms. The predicted octanol–water partition coefficient (Wildman–Crippen LogP) is 1.05. The van der Waals surface area contributed by atoms with Crippen molar-refractivity contribution in [2.75, 3.05) is 20.2 Å². The Labute approximate surface area is 133 Å². The van der Waals surface area contributed by atoms with Gasteiger partial charge in [-0.15, -0.1) is 0 Å². The molecule has 0 aliphatic carbocycles. The first kappa shape index (κ1) is 15.7. The van der Waals surface area contributed by atoms with Gasteiger partial charge in [-0.25, -0.2) is 0 Å². The van der Waals surface area contributed by atoms with E-state index < -0.39 is 0 Å². The van der Waals surface area contributed by atoms with Crippen molar-refractivity contribution in [3.05, 3.63) is 35.9 Å². The van der Waals surface area contributed by atoms with Gasteiger partial charge in [0.05, 0.1) is 31.5 Å². The molecule has 124 valence electrons. The van der Waals surface area contributed by atoms with Gasteiger partial charge in [-0.2, -0.15) is 4.98 Å². The fraction of sp³-hybridized carbons (Fsp3) is 0.533. The Balaban J connectivity index is 1.60. The van der Waals surface area contributed by atoms with E-state index in [4.69, 9.17) is 13.7 Å². The molecule has 8 heteroatoms. The van der Waals surface area contributed by atoms with E-state index in [9.17, 15) is 4.79 Å². The Hall–Kier alpha value is -2.19. The van der Waals surface area contributed by atoms with Crippen LogP contribution >= 0.6 is 0 Å². The summed E-state index contributed by atoms with van der Waals surface area (Å²) in [7, 11) is 1.67. The molecule has 1 aliphatic rings. The SMILES string of the molecule is CO[C@H]1C[C@H](c2nc(C)no2)N(CC(=O)NCc2ccco2)C1. The lowest BCUT2D eigenvalue weighted by Gasteiger charge is -2.20. The Kier molecular flexibility index (Phi) is 4.73. The summed E-state index contributed by atoms with van der Waals surface area (Å²) in [5.74, 6) is 1.75. The zero-order valence-corrected chi connectivity index (χ0v) is 13.2. The highest BCUT2D eigenvalue weighted by Gasteiger charge is 2.37. The average Bonchev–Trinajstić information content (AvgIpc) is 3.25. The number of furan rings is 1. The van der Waals surface area contributed by atoms with Crippen molar-refractivity contribution in [2.45, 2.75) is 32.0 Å². The van der Waals surface area contributed by atoms with E-state index in [2.05, 4.69) is 15.5 Å². The van der Waals surface area contributed by atoms with Crippen molar-refractivity contribution in [3.63, 3.8) is 0 Å². The molecule has 1 fully saturated rings. The highest BCUT2D eigenvalue weighted by molar-refractivity contribution is 5.78. The maximum absolute atomic E-state index is 12.2. The Morgan fingerprint density at radius 1 is 1.57 bits per heavy atom. The summed E-state index contributed by atoms with van der Waals surface area (Å²) < 4.78 is 15.9. The first-order valence-corrected chi connectivity index (χ1v) is 7.52. The van der Waals surface area contributed by atoms with Crippen molar-refractivity contribution in [3.8, 4) is 0 Å². The Morgan fingerprint density at radius 3 is 3.09 bits per heavy atom. The second kappa shape index (κ2) is 6.93. The van der Waals surface area contributed by atoms with Gasteiger partial charge in [-0.3, -0.25) is 9.69 Å². The molecule has 1 N–H and O–H groups in total. The minimum atomic E-state index is -0.101. The number of aromatic nitrogens is 2. The number of carbonyl (C=O) groups is 1. The second-order valence-corrected chi connectivity index (χ2v) is 5.57. The zero-order valence-electron chi connectivity index (χ0n) is 13.2. The summed E-state index contributed by atoms with van der Waals surface area (Å²) >= 11 is 0. The predicted molar refractivity (Wildman–Crippen MR) is 79.3 cm³/mol. The fourth-order valence-corrected chi connectivity index (χ4v) is 2.75. The van der Waals surface area contributed by atoms with Gasteiger partial charge in [0.1, 0.15) is 5.76 Å². The summed E-state index contributed by atoms with van der Waals surface area (Å²) in [5.41, 5.74) is 0. The molecular weight excluding hydrogens is 300 g/mol. The molecule has 0 unspecified atom stereocenters. The molecule has 0 aromatic carbocycles. The molecule has 1 aliphatic heterocycles. The molecule has 2 atom stereocenters. The molecule has 8 nitrogen and oxygen atoms in total. The van der Waals surface area contributed by atoms with Crippen molar-refractivity contribution in [1.82, 2.24) is 20.4 Å². The number of ether oxygens (including phenoxy) is 1. The van der Waals surface area contributed by atoms with Crippen LogP contribution in [0.2, 0.25) is 0 Å². The number of hydrogen-bond donors (Lipinski definition) is 1. The average molecular weight is 320 g/mol. The van der Waals surface area contributed by atoms with E-state index in [0.29, 0.717) is 24.8 Å². The third-order valence-electron chi connectivity index (χ3n) is 3.91. The normalized spacial score (nSPS) is 21.7. The Bertz CT molecular complexity index is 640. The minimum Gasteiger partial charge on any atom is -0.467 e. The number of carbonyl (C=O) groups excluding carboxylic acids is 1. The van der Waals surface area contributed by atoms with Crippen LogP contribution < -0.4 is 5.32 Å². The quantitative estimate of drug-likeness (QED) is 0.850. The molecule has 0 saturated carbocycles.